The number of aliphatic hydroxyl groups is 1. The zero-order valence-corrected chi connectivity index (χ0v) is 13.1. The number of unbranched alkanes of at least 4 members (excludes halogenated alkanes) is 1. The topological polar surface area (TPSA) is 94.8 Å². The van der Waals surface area contributed by atoms with Gasteiger partial charge in [-0.25, -0.2) is 9.59 Å². The van der Waals surface area contributed by atoms with Crippen LogP contribution in [0.5, 0.6) is 0 Å². The molecule has 0 radical (unpaired) electrons. The number of carboxylic acids is 2. The highest BCUT2D eigenvalue weighted by atomic mass is 16.4. The van der Waals surface area contributed by atoms with Crippen LogP contribution in [0.1, 0.15) is 52.4 Å². The Morgan fingerprint density at radius 1 is 1.05 bits per heavy atom. The summed E-state index contributed by atoms with van der Waals surface area (Å²) in [6.45, 7) is 10.8. The predicted octanol–water partition coefficient (Wildman–Crippen LogP) is 3.24. The monoisotopic (exact) mass is 300 g/mol. The summed E-state index contributed by atoms with van der Waals surface area (Å²) in [6, 6.07) is 0. The van der Waals surface area contributed by atoms with E-state index in [0.29, 0.717) is 17.9 Å². The molecular formula is C16H28O5. The Bertz CT molecular complexity index is 347. The molecule has 0 aromatic rings. The van der Waals surface area contributed by atoms with Crippen molar-refractivity contribution in [2.45, 2.75) is 52.4 Å². The summed E-state index contributed by atoms with van der Waals surface area (Å²) < 4.78 is 0. The molecule has 3 N–H and O–H groups in total. The molecule has 5 heteroatoms. The third-order valence-electron chi connectivity index (χ3n) is 3.10. The molecule has 0 fully saturated rings. The minimum Gasteiger partial charge on any atom is -0.478 e. The van der Waals surface area contributed by atoms with Gasteiger partial charge < -0.3 is 15.3 Å². The fourth-order valence-electron chi connectivity index (χ4n) is 1.62. The van der Waals surface area contributed by atoms with E-state index in [1.165, 1.54) is 12.8 Å². The number of hydrogen-bond donors (Lipinski definition) is 3. The van der Waals surface area contributed by atoms with E-state index in [1.54, 1.807) is 0 Å². The largest absolute Gasteiger partial charge is 0.478 e. The van der Waals surface area contributed by atoms with Crippen LogP contribution in [-0.4, -0.2) is 33.9 Å². The Morgan fingerprint density at radius 2 is 1.57 bits per heavy atom. The second-order valence-corrected chi connectivity index (χ2v) is 4.91. The van der Waals surface area contributed by atoms with Crippen molar-refractivity contribution in [1.29, 1.82) is 0 Å². The Balaban J connectivity index is 0. The van der Waals surface area contributed by atoms with Gasteiger partial charge in [-0.15, -0.1) is 0 Å². The van der Waals surface area contributed by atoms with Gasteiger partial charge in [0, 0.05) is 24.2 Å². The summed E-state index contributed by atoms with van der Waals surface area (Å²) >= 11 is 0. The summed E-state index contributed by atoms with van der Waals surface area (Å²) in [5, 5.41) is 24.9. The lowest BCUT2D eigenvalue weighted by Gasteiger charge is -2.13. The summed E-state index contributed by atoms with van der Waals surface area (Å²) in [5.41, 5.74) is 0.399. The van der Waals surface area contributed by atoms with Crippen molar-refractivity contribution in [3.63, 3.8) is 0 Å². The number of aliphatic hydroxyl groups excluding tert-OH is 1. The van der Waals surface area contributed by atoms with Crippen LogP contribution in [0.15, 0.2) is 24.3 Å². The molecule has 0 aromatic carbocycles. The van der Waals surface area contributed by atoms with Crippen LogP contribution in [0.25, 0.3) is 0 Å². The normalized spacial score (nSPS) is 11.0. The summed E-state index contributed by atoms with van der Waals surface area (Å²) in [5.74, 6) is -1.39. The maximum Gasteiger partial charge on any atom is 0.331 e. The van der Waals surface area contributed by atoms with Crippen molar-refractivity contribution in [1.82, 2.24) is 0 Å². The second kappa shape index (κ2) is 13.4. The summed E-state index contributed by atoms with van der Waals surface area (Å²) in [4.78, 5) is 20.4. The van der Waals surface area contributed by atoms with Crippen molar-refractivity contribution >= 4 is 11.9 Å². The van der Waals surface area contributed by atoms with Crippen molar-refractivity contribution in [3.05, 3.63) is 24.3 Å². The van der Waals surface area contributed by atoms with Gasteiger partial charge in [0.1, 0.15) is 0 Å². The van der Waals surface area contributed by atoms with Gasteiger partial charge in [-0.05, 0) is 12.3 Å². The molecule has 0 heterocycles. The molecule has 0 aromatic heterocycles. The molecule has 1 unspecified atom stereocenters. The van der Waals surface area contributed by atoms with E-state index >= 15 is 0 Å². The van der Waals surface area contributed by atoms with E-state index in [0.717, 1.165) is 12.8 Å². The Labute approximate surface area is 127 Å². The van der Waals surface area contributed by atoms with E-state index < -0.39 is 11.9 Å². The molecule has 21 heavy (non-hydrogen) atoms. The fraction of sp³-hybridized carbons (Fsp3) is 0.625. The molecular weight excluding hydrogens is 272 g/mol. The van der Waals surface area contributed by atoms with Crippen LogP contribution in [0.2, 0.25) is 0 Å². The number of hydrogen-bond acceptors (Lipinski definition) is 3. The van der Waals surface area contributed by atoms with Gasteiger partial charge in [0.2, 0.25) is 0 Å². The number of carbonyl (C=O) groups is 2. The molecule has 0 aliphatic heterocycles. The Morgan fingerprint density at radius 3 is 1.86 bits per heavy atom. The van der Waals surface area contributed by atoms with Gasteiger partial charge in [0.15, 0.2) is 0 Å². The van der Waals surface area contributed by atoms with Crippen LogP contribution in [0.3, 0.4) is 0 Å². The average Bonchev–Trinajstić information content (AvgIpc) is 2.43. The van der Waals surface area contributed by atoms with Crippen LogP contribution in [0, 0.1) is 5.92 Å². The predicted molar refractivity (Wildman–Crippen MR) is 83.2 cm³/mol. The number of aliphatic carboxylic acids is 2. The van der Waals surface area contributed by atoms with Crippen LogP contribution in [0.4, 0.5) is 0 Å². The fourth-order valence-corrected chi connectivity index (χ4v) is 1.62. The average molecular weight is 300 g/mol. The maximum atomic E-state index is 10.5. The van der Waals surface area contributed by atoms with Gasteiger partial charge in [-0.3, -0.25) is 0 Å². The highest BCUT2D eigenvalue weighted by molar-refractivity contribution is 5.86. The molecule has 0 saturated heterocycles. The van der Waals surface area contributed by atoms with Crippen molar-refractivity contribution in [3.8, 4) is 0 Å². The lowest BCUT2D eigenvalue weighted by molar-refractivity contribution is -0.133. The zero-order valence-electron chi connectivity index (χ0n) is 13.1. The first kappa shape index (κ1) is 21.7. The molecule has 0 amide bonds. The van der Waals surface area contributed by atoms with Crippen molar-refractivity contribution < 1.29 is 24.9 Å². The summed E-state index contributed by atoms with van der Waals surface area (Å²) in [7, 11) is 0. The van der Waals surface area contributed by atoms with Gasteiger partial charge in [-0.1, -0.05) is 52.7 Å². The van der Waals surface area contributed by atoms with Crippen LogP contribution < -0.4 is 0 Å². The highest BCUT2D eigenvalue weighted by Crippen LogP contribution is 2.20. The lowest BCUT2D eigenvalue weighted by Crippen LogP contribution is -2.06. The smallest absolute Gasteiger partial charge is 0.331 e. The zero-order chi connectivity index (χ0) is 16.8. The molecule has 0 bridgehead atoms. The maximum absolute atomic E-state index is 10.5. The molecule has 0 spiro atoms. The first-order valence-corrected chi connectivity index (χ1v) is 7.22. The minimum atomic E-state index is -1.04. The highest BCUT2D eigenvalue weighted by Gasteiger charge is 2.11. The molecule has 0 rings (SSSR count). The quantitative estimate of drug-likeness (QED) is 0.538. The van der Waals surface area contributed by atoms with Gasteiger partial charge in [0.05, 0.1) is 0 Å². The van der Waals surface area contributed by atoms with Gasteiger partial charge >= 0.3 is 11.9 Å². The molecule has 0 aliphatic carbocycles. The van der Waals surface area contributed by atoms with Crippen LogP contribution in [-0.2, 0) is 9.59 Å². The first-order chi connectivity index (χ1) is 9.79. The second-order valence-electron chi connectivity index (χ2n) is 4.91. The SMILES string of the molecule is C=C(CC(CC)CCCC)C(=O)O.C=C(CCO)C(=O)O. The van der Waals surface area contributed by atoms with E-state index in [-0.39, 0.29) is 18.6 Å². The standard InChI is InChI=1S/C11H20O2.C5H8O3/c1-4-6-7-10(5-2)8-9(3)11(12)13;1-4(2-3-6)5(7)8/h10H,3-8H2,1-2H3,(H,12,13);6H,1-3H2,(H,7,8). The third-order valence-corrected chi connectivity index (χ3v) is 3.10. The number of carboxylic acid groups (broad SMARTS) is 2. The van der Waals surface area contributed by atoms with E-state index in [4.69, 9.17) is 15.3 Å². The molecule has 5 nitrogen and oxygen atoms in total. The van der Waals surface area contributed by atoms with Gasteiger partial charge in [-0.2, -0.15) is 0 Å². The molecule has 0 saturated carbocycles. The lowest BCUT2D eigenvalue weighted by atomic mass is 9.92. The van der Waals surface area contributed by atoms with E-state index in [2.05, 4.69) is 27.0 Å². The van der Waals surface area contributed by atoms with E-state index in [9.17, 15) is 9.59 Å². The molecule has 1 atom stereocenters. The minimum absolute atomic E-state index is 0.0486. The van der Waals surface area contributed by atoms with E-state index in [1.807, 2.05) is 0 Å². The number of rotatable bonds is 10. The summed E-state index contributed by atoms with van der Waals surface area (Å²) in [6.07, 6.45) is 5.33. The van der Waals surface area contributed by atoms with Crippen molar-refractivity contribution in [2.24, 2.45) is 5.92 Å². The molecule has 0 aliphatic rings. The first-order valence-electron chi connectivity index (χ1n) is 7.22. The third kappa shape index (κ3) is 13.1. The Kier molecular flexibility index (Phi) is 13.8. The van der Waals surface area contributed by atoms with Crippen molar-refractivity contribution in [2.75, 3.05) is 6.61 Å². The molecule has 122 valence electrons. The van der Waals surface area contributed by atoms with Crippen LogP contribution >= 0.6 is 0 Å². The van der Waals surface area contributed by atoms with Gasteiger partial charge in [0.25, 0.3) is 0 Å². The Hall–Kier alpha value is -1.62.